The van der Waals surface area contributed by atoms with Gasteiger partial charge in [-0.3, -0.25) is 0 Å². The lowest BCUT2D eigenvalue weighted by molar-refractivity contribution is 0.171. The van der Waals surface area contributed by atoms with E-state index >= 15 is 0 Å². The second-order valence-electron chi connectivity index (χ2n) is 2.16. The average molecular weight is 220 g/mol. The lowest BCUT2D eigenvalue weighted by Gasteiger charge is -2.07. The molecule has 0 N–H and O–H groups in total. The van der Waals surface area contributed by atoms with Crippen LogP contribution in [0.1, 0.15) is 0 Å². The molecule has 0 spiro atoms. The van der Waals surface area contributed by atoms with Crippen LogP contribution in [0.5, 0.6) is 0 Å². The molecule has 1 nitrogen and oxygen atoms in total. The summed E-state index contributed by atoms with van der Waals surface area (Å²) < 4.78 is 25.1. The Kier molecular flexibility index (Phi) is 3.12. The van der Waals surface area contributed by atoms with Crippen LogP contribution in [0.3, 0.4) is 0 Å². The third-order valence-electron chi connectivity index (χ3n) is 1.20. The van der Waals surface area contributed by atoms with Gasteiger partial charge in [-0.25, -0.2) is 0 Å². The summed E-state index contributed by atoms with van der Waals surface area (Å²) in [5, 5.41) is 4.88. The first-order chi connectivity index (χ1) is 6.05. The van der Waals surface area contributed by atoms with E-state index in [-0.39, 0.29) is 21.7 Å². The molecule has 0 bridgehead atoms. The monoisotopic (exact) mass is 219 g/mol. The normalized spacial score (nSPS) is 10.9. The Morgan fingerprint density at radius 2 is 2.00 bits per heavy atom. The smallest absolute Gasteiger partial charge is 0.191 e. The van der Waals surface area contributed by atoms with E-state index in [0.717, 1.165) is 6.07 Å². The third-order valence-corrected chi connectivity index (χ3v) is 2.57. The van der Waals surface area contributed by atoms with Crippen molar-refractivity contribution in [2.45, 2.75) is 10.2 Å². The van der Waals surface area contributed by atoms with Gasteiger partial charge in [0.15, 0.2) is 6.07 Å². The molecule has 0 saturated carbocycles. The van der Waals surface area contributed by atoms with Gasteiger partial charge < -0.3 is 0 Å². The van der Waals surface area contributed by atoms with Crippen LogP contribution in [0.4, 0.5) is 8.78 Å². The SMILES string of the molecule is N#CC(F)(F)Sc1ccccc1Cl. The first kappa shape index (κ1) is 10.3. The fourth-order valence-corrected chi connectivity index (χ4v) is 1.57. The summed E-state index contributed by atoms with van der Waals surface area (Å²) in [6.07, 6.45) is 0. The predicted octanol–water partition coefficient (Wildman–Crippen LogP) is 3.55. The molecule has 0 atom stereocenters. The molecule has 0 saturated heterocycles. The summed E-state index contributed by atoms with van der Waals surface area (Å²) in [6.45, 7) is 0. The molecule has 0 aliphatic heterocycles. The van der Waals surface area contributed by atoms with Gasteiger partial charge in [-0.2, -0.15) is 14.0 Å². The molecule has 1 aromatic rings. The Morgan fingerprint density at radius 1 is 1.38 bits per heavy atom. The van der Waals surface area contributed by atoms with Crippen LogP contribution in [0.2, 0.25) is 5.02 Å². The van der Waals surface area contributed by atoms with Crippen molar-refractivity contribution in [3.63, 3.8) is 0 Å². The van der Waals surface area contributed by atoms with Crippen molar-refractivity contribution in [1.82, 2.24) is 0 Å². The van der Waals surface area contributed by atoms with Crippen LogP contribution in [-0.4, -0.2) is 5.25 Å². The molecule has 0 heterocycles. The first-order valence-electron chi connectivity index (χ1n) is 3.28. The second kappa shape index (κ2) is 3.95. The number of nitriles is 1. The minimum Gasteiger partial charge on any atom is -0.191 e. The second-order valence-corrected chi connectivity index (χ2v) is 3.72. The van der Waals surface area contributed by atoms with Gasteiger partial charge in [-0.05, 0) is 23.9 Å². The quantitative estimate of drug-likeness (QED) is 0.711. The fraction of sp³-hybridized carbons (Fsp3) is 0.125. The van der Waals surface area contributed by atoms with Crippen LogP contribution in [0.15, 0.2) is 29.2 Å². The molecule has 13 heavy (non-hydrogen) atoms. The summed E-state index contributed by atoms with van der Waals surface area (Å²) >= 11 is 5.77. The molecule has 68 valence electrons. The number of benzene rings is 1. The van der Waals surface area contributed by atoms with Gasteiger partial charge in [-0.1, -0.05) is 23.7 Å². The predicted molar refractivity (Wildman–Crippen MR) is 47.9 cm³/mol. The Bertz CT molecular complexity index is 348. The lowest BCUT2D eigenvalue weighted by Crippen LogP contribution is -2.05. The van der Waals surface area contributed by atoms with Crippen LogP contribution in [0, 0.1) is 11.3 Å². The third kappa shape index (κ3) is 2.87. The maximum atomic E-state index is 12.6. The van der Waals surface area contributed by atoms with E-state index in [0.29, 0.717) is 0 Å². The van der Waals surface area contributed by atoms with E-state index in [1.54, 1.807) is 12.1 Å². The minimum atomic E-state index is -3.43. The van der Waals surface area contributed by atoms with E-state index < -0.39 is 5.25 Å². The zero-order valence-corrected chi connectivity index (χ0v) is 7.87. The van der Waals surface area contributed by atoms with Crippen molar-refractivity contribution in [2.24, 2.45) is 0 Å². The highest BCUT2D eigenvalue weighted by atomic mass is 35.5. The zero-order chi connectivity index (χ0) is 9.90. The average Bonchev–Trinajstić information content (AvgIpc) is 2.09. The summed E-state index contributed by atoms with van der Waals surface area (Å²) in [6, 6.07) is 7.05. The number of hydrogen-bond acceptors (Lipinski definition) is 2. The molecular formula is C8H4ClF2NS. The Labute approximate surface area is 83.3 Å². The van der Waals surface area contributed by atoms with Gasteiger partial charge in [0.05, 0.1) is 5.02 Å². The van der Waals surface area contributed by atoms with Gasteiger partial charge >= 0.3 is 5.25 Å². The number of rotatable bonds is 2. The van der Waals surface area contributed by atoms with Crippen molar-refractivity contribution >= 4 is 23.4 Å². The molecule has 0 aromatic heterocycles. The summed E-state index contributed by atoms with van der Waals surface area (Å²) in [7, 11) is 0. The molecule has 0 aliphatic carbocycles. The standard InChI is InChI=1S/C8H4ClF2NS/c9-6-3-1-2-4-7(6)13-8(10,11)5-12/h1-4H. The Balaban J connectivity index is 2.88. The van der Waals surface area contributed by atoms with Gasteiger partial charge in [0, 0.05) is 4.90 Å². The van der Waals surface area contributed by atoms with Crippen LogP contribution in [-0.2, 0) is 0 Å². The zero-order valence-electron chi connectivity index (χ0n) is 6.30. The van der Waals surface area contributed by atoms with Crippen molar-refractivity contribution in [1.29, 1.82) is 5.26 Å². The number of nitrogens with zero attached hydrogens (tertiary/aromatic N) is 1. The van der Waals surface area contributed by atoms with E-state index in [2.05, 4.69) is 0 Å². The maximum Gasteiger partial charge on any atom is 0.384 e. The molecular weight excluding hydrogens is 216 g/mol. The lowest BCUT2D eigenvalue weighted by atomic mass is 10.4. The number of thioether (sulfide) groups is 1. The molecule has 1 rings (SSSR count). The van der Waals surface area contributed by atoms with Gasteiger partial charge in [0.25, 0.3) is 0 Å². The van der Waals surface area contributed by atoms with Crippen LogP contribution >= 0.6 is 23.4 Å². The summed E-state index contributed by atoms with van der Waals surface area (Å²) in [4.78, 5) is 0.204. The largest absolute Gasteiger partial charge is 0.384 e. The topological polar surface area (TPSA) is 23.8 Å². The first-order valence-corrected chi connectivity index (χ1v) is 4.47. The van der Waals surface area contributed by atoms with Gasteiger partial charge in [0.1, 0.15) is 0 Å². The highest BCUT2D eigenvalue weighted by molar-refractivity contribution is 8.00. The van der Waals surface area contributed by atoms with Crippen LogP contribution in [0.25, 0.3) is 0 Å². The molecule has 0 unspecified atom stereocenters. The summed E-state index contributed by atoms with van der Waals surface area (Å²) in [5.41, 5.74) is 0. The van der Waals surface area contributed by atoms with Gasteiger partial charge in [0.2, 0.25) is 0 Å². The highest BCUT2D eigenvalue weighted by Gasteiger charge is 2.30. The number of hydrogen-bond donors (Lipinski definition) is 0. The molecule has 1 aromatic carbocycles. The van der Waals surface area contributed by atoms with E-state index in [4.69, 9.17) is 16.9 Å². The van der Waals surface area contributed by atoms with Crippen molar-refractivity contribution in [3.05, 3.63) is 29.3 Å². The van der Waals surface area contributed by atoms with Crippen LogP contribution < -0.4 is 0 Å². The highest BCUT2D eigenvalue weighted by Crippen LogP contribution is 2.38. The Hall–Kier alpha value is -0.790. The molecule has 0 aliphatic rings. The van der Waals surface area contributed by atoms with Crippen molar-refractivity contribution in [3.8, 4) is 6.07 Å². The van der Waals surface area contributed by atoms with E-state index in [1.165, 1.54) is 12.1 Å². The minimum absolute atomic E-state index is 0.146. The molecule has 0 fully saturated rings. The fourth-order valence-electron chi connectivity index (χ4n) is 0.688. The van der Waals surface area contributed by atoms with Gasteiger partial charge in [-0.15, -0.1) is 0 Å². The maximum absolute atomic E-state index is 12.6. The number of alkyl halides is 2. The number of halogens is 3. The van der Waals surface area contributed by atoms with Crippen molar-refractivity contribution < 1.29 is 8.78 Å². The van der Waals surface area contributed by atoms with E-state index in [9.17, 15) is 8.78 Å². The molecule has 0 radical (unpaired) electrons. The summed E-state index contributed by atoms with van der Waals surface area (Å²) in [5.74, 6) is 0. The molecule has 5 heteroatoms. The Morgan fingerprint density at radius 3 is 2.54 bits per heavy atom. The van der Waals surface area contributed by atoms with E-state index in [1.807, 2.05) is 0 Å². The molecule has 0 amide bonds. The van der Waals surface area contributed by atoms with Crippen molar-refractivity contribution in [2.75, 3.05) is 0 Å².